The van der Waals surface area contributed by atoms with Crippen LogP contribution in [0, 0.1) is 0 Å². The van der Waals surface area contributed by atoms with E-state index in [2.05, 4.69) is 0 Å². The first-order chi connectivity index (χ1) is 9.67. The summed E-state index contributed by atoms with van der Waals surface area (Å²) in [5.41, 5.74) is 5.18. The van der Waals surface area contributed by atoms with Gasteiger partial charge in [0.05, 0.1) is 29.0 Å². The second-order valence-electron chi connectivity index (χ2n) is 5.64. The van der Waals surface area contributed by atoms with Gasteiger partial charge in [0.2, 0.25) is 10.0 Å². The second-order valence-corrected chi connectivity index (χ2v) is 7.92. The van der Waals surface area contributed by atoms with Crippen LogP contribution in [-0.4, -0.2) is 49.2 Å². The molecule has 1 aromatic carbocycles. The van der Waals surface area contributed by atoms with Crippen LogP contribution in [0.5, 0.6) is 0 Å². The van der Waals surface area contributed by atoms with Crippen molar-refractivity contribution >= 4 is 27.3 Å². The van der Waals surface area contributed by atoms with Crippen molar-refractivity contribution in [3.8, 4) is 0 Å². The first kappa shape index (κ1) is 16.5. The van der Waals surface area contributed by atoms with Crippen LogP contribution in [-0.2, 0) is 14.8 Å². The molecular formula is C13H19ClN2O4S. The lowest BCUT2D eigenvalue weighted by molar-refractivity contribution is -0.131. The Kier molecular flexibility index (Phi) is 4.51. The fraction of sp³-hybridized carbons (Fsp3) is 0.538. The number of hydrogen-bond donors (Lipinski definition) is 2. The van der Waals surface area contributed by atoms with Crippen LogP contribution in [0.4, 0.5) is 5.69 Å². The number of ether oxygens (including phenoxy) is 1. The maximum absolute atomic E-state index is 12.8. The Bertz CT molecular complexity index is 613. The van der Waals surface area contributed by atoms with Gasteiger partial charge in [0, 0.05) is 13.1 Å². The number of hydrogen-bond acceptors (Lipinski definition) is 5. The highest BCUT2D eigenvalue weighted by atomic mass is 35.5. The Morgan fingerprint density at radius 1 is 1.52 bits per heavy atom. The van der Waals surface area contributed by atoms with Crippen LogP contribution >= 0.6 is 11.6 Å². The van der Waals surface area contributed by atoms with Gasteiger partial charge in [-0.25, -0.2) is 8.42 Å². The molecule has 1 saturated heterocycles. The molecule has 1 aliphatic heterocycles. The summed E-state index contributed by atoms with van der Waals surface area (Å²) in [5, 5.41) is 9.37. The fourth-order valence-electron chi connectivity index (χ4n) is 2.45. The molecule has 1 atom stereocenters. The Balaban J connectivity index is 2.44. The molecule has 1 fully saturated rings. The van der Waals surface area contributed by atoms with Crippen LogP contribution in [0.2, 0.25) is 5.02 Å². The Hall–Kier alpha value is -0.860. The molecule has 1 heterocycles. The van der Waals surface area contributed by atoms with Crippen molar-refractivity contribution in [2.75, 3.05) is 25.4 Å². The summed E-state index contributed by atoms with van der Waals surface area (Å²) in [4.78, 5) is -0.0962. The quantitative estimate of drug-likeness (QED) is 0.807. The van der Waals surface area contributed by atoms with E-state index in [1.165, 1.54) is 16.4 Å². The second kappa shape index (κ2) is 5.73. The monoisotopic (exact) mass is 334 g/mol. The first-order valence-corrected chi connectivity index (χ1v) is 8.32. The summed E-state index contributed by atoms with van der Waals surface area (Å²) in [6.07, 6.45) is -0.577. The fourth-order valence-corrected chi connectivity index (χ4v) is 4.70. The van der Waals surface area contributed by atoms with Crippen LogP contribution in [0.1, 0.15) is 13.8 Å². The molecule has 1 unspecified atom stereocenters. The zero-order valence-corrected chi connectivity index (χ0v) is 13.5. The number of aliphatic hydroxyl groups is 1. The van der Waals surface area contributed by atoms with Gasteiger partial charge in [0.25, 0.3) is 0 Å². The van der Waals surface area contributed by atoms with Gasteiger partial charge in [0.15, 0.2) is 0 Å². The van der Waals surface area contributed by atoms with Crippen molar-refractivity contribution in [3.05, 3.63) is 23.2 Å². The normalized spacial score (nSPS) is 23.1. The largest absolute Gasteiger partial charge is 0.398 e. The molecule has 1 aromatic rings. The van der Waals surface area contributed by atoms with E-state index in [9.17, 15) is 13.5 Å². The van der Waals surface area contributed by atoms with Crippen molar-refractivity contribution < 1.29 is 18.3 Å². The van der Waals surface area contributed by atoms with Crippen LogP contribution < -0.4 is 5.73 Å². The zero-order valence-electron chi connectivity index (χ0n) is 11.9. The molecule has 2 rings (SSSR count). The third-order valence-electron chi connectivity index (χ3n) is 3.25. The molecule has 3 N–H and O–H groups in total. The van der Waals surface area contributed by atoms with Gasteiger partial charge in [-0.15, -0.1) is 0 Å². The minimum Gasteiger partial charge on any atom is -0.398 e. The molecule has 0 amide bonds. The van der Waals surface area contributed by atoms with Gasteiger partial charge >= 0.3 is 0 Å². The molecule has 0 bridgehead atoms. The summed E-state index contributed by atoms with van der Waals surface area (Å²) < 4.78 is 32.5. The lowest BCUT2D eigenvalue weighted by Crippen LogP contribution is -2.55. The van der Waals surface area contributed by atoms with E-state index < -0.39 is 21.7 Å². The van der Waals surface area contributed by atoms with Crippen molar-refractivity contribution in [2.45, 2.75) is 30.4 Å². The van der Waals surface area contributed by atoms with E-state index in [0.29, 0.717) is 0 Å². The van der Waals surface area contributed by atoms with Gasteiger partial charge in [-0.05, 0) is 26.0 Å². The SMILES string of the molecule is CC1(C)CN(S(=O)(=O)c2c(N)cccc2Cl)CC(CO)O1. The van der Waals surface area contributed by atoms with E-state index in [0.717, 1.165) is 0 Å². The molecular weight excluding hydrogens is 316 g/mol. The lowest BCUT2D eigenvalue weighted by Gasteiger charge is -2.41. The van der Waals surface area contributed by atoms with Crippen molar-refractivity contribution in [3.63, 3.8) is 0 Å². The number of rotatable bonds is 3. The predicted octanol–water partition coefficient (Wildman–Crippen LogP) is 1.08. The molecule has 21 heavy (non-hydrogen) atoms. The van der Waals surface area contributed by atoms with Crippen molar-refractivity contribution in [1.82, 2.24) is 4.31 Å². The van der Waals surface area contributed by atoms with E-state index in [1.807, 2.05) is 0 Å². The number of benzene rings is 1. The number of nitrogen functional groups attached to an aromatic ring is 1. The summed E-state index contributed by atoms with van der Waals surface area (Å²) in [5.74, 6) is 0. The summed E-state index contributed by atoms with van der Waals surface area (Å²) in [7, 11) is -3.85. The van der Waals surface area contributed by atoms with Gasteiger partial charge in [-0.3, -0.25) is 0 Å². The number of sulfonamides is 1. The Morgan fingerprint density at radius 3 is 2.76 bits per heavy atom. The lowest BCUT2D eigenvalue weighted by atomic mass is 10.1. The maximum atomic E-state index is 12.8. The summed E-state index contributed by atoms with van der Waals surface area (Å²) in [6, 6.07) is 4.57. The van der Waals surface area contributed by atoms with Gasteiger partial charge in [-0.1, -0.05) is 17.7 Å². The van der Waals surface area contributed by atoms with Crippen molar-refractivity contribution in [1.29, 1.82) is 0 Å². The molecule has 8 heteroatoms. The van der Waals surface area contributed by atoms with E-state index in [-0.39, 0.29) is 35.3 Å². The predicted molar refractivity (Wildman–Crippen MR) is 80.7 cm³/mol. The zero-order chi connectivity index (χ0) is 15.8. The molecule has 1 aliphatic rings. The maximum Gasteiger partial charge on any atom is 0.246 e. The Labute approximate surface area is 129 Å². The minimum absolute atomic E-state index is 0.0624. The average molecular weight is 335 g/mol. The highest BCUT2D eigenvalue weighted by molar-refractivity contribution is 7.89. The van der Waals surface area contributed by atoms with Gasteiger partial charge < -0.3 is 15.6 Å². The van der Waals surface area contributed by atoms with E-state index >= 15 is 0 Å². The topological polar surface area (TPSA) is 92.9 Å². The van der Waals surface area contributed by atoms with E-state index in [1.54, 1.807) is 19.9 Å². The molecule has 6 nitrogen and oxygen atoms in total. The summed E-state index contributed by atoms with van der Waals surface area (Å²) >= 11 is 6.01. The number of nitrogens with two attached hydrogens (primary N) is 1. The molecule has 0 aliphatic carbocycles. The van der Waals surface area contributed by atoms with Crippen LogP contribution in [0.15, 0.2) is 23.1 Å². The molecule has 0 aromatic heterocycles. The molecule has 0 radical (unpaired) electrons. The van der Waals surface area contributed by atoms with Crippen LogP contribution in [0.3, 0.4) is 0 Å². The van der Waals surface area contributed by atoms with Crippen molar-refractivity contribution in [2.24, 2.45) is 0 Å². The first-order valence-electron chi connectivity index (χ1n) is 6.50. The van der Waals surface area contributed by atoms with Gasteiger partial charge in [-0.2, -0.15) is 4.31 Å². The summed E-state index contributed by atoms with van der Waals surface area (Å²) in [6.45, 7) is 3.51. The number of nitrogens with zero attached hydrogens (tertiary/aromatic N) is 1. The number of morpholine rings is 1. The Morgan fingerprint density at radius 2 is 2.19 bits per heavy atom. The van der Waals surface area contributed by atoms with E-state index in [4.69, 9.17) is 22.1 Å². The highest BCUT2D eigenvalue weighted by Crippen LogP contribution is 2.33. The third-order valence-corrected chi connectivity index (χ3v) is 5.61. The minimum atomic E-state index is -3.85. The molecule has 0 saturated carbocycles. The number of aliphatic hydroxyl groups excluding tert-OH is 1. The standard InChI is InChI=1S/C13H19ClN2O4S/c1-13(2)8-16(6-9(7-17)20-13)21(18,19)12-10(14)4-3-5-11(12)15/h3-5,9,17H,6-8,15H2,1-2H3. The molecule has 0 spiro atoms. The van der Waals surface area contributed by atoms with Crippen LogP contribution in [0.25, 0.3) is 0 Å². The number of halogens is 1. The average Bonchev–Trinajstić information content (AvgIpc) is 2.36. The number of anilines is 1. The molecule has 118 valence electrons. The smallest absolute Gasteiger partial charge is 0.246 e. The third kappa shape index (κ3) is 3.32. The highest BCUT2D eigenvalue weighted by Gasteiger charge is 2.40. The van der Waals surface area contributed by atoms with Gasteiger partial charge in [0.1, 0.15) is 4.90 Å².